The van der Waals surface area contributed by atoms with E-state index in [-0.39, 0.29) is 13.0 Å². The van der Waals surface area contributed by atoms with Crippen LogP contribution in [0.25, 0.3) is 0 Å². The second-order valence-electron chi connectivity index (χ2n) is 3.98. The monoisotopic (exact) mass is 254 g/mol. The van der Waals surface area contributed by atoms with Crippen molar-refractivity contribution in [2.24, 2.45) is 5.73 Å². The summed E-state index contributed by atoms with van der Waals surface area (Å²) in [5.74, 6) is -0.419. The van der Waals surface area contributed by atoms with Crippen LogP contribution in [0.15, 0.2) is 0 Å². The van der Waals surface area contributed by atoms with E-state index in [1.807, 2.05) is 0 Å². The maximum atomic E-state index is 12.1. The Kier molecular flexibility index (Phi) is 7.95. The fraction of sp³-hybridized carbons (Fsp3) is 0.909. The molecule has 0 aromatic rings. The van der Waals surface area contributed by atoms with E-state index in [2.05, 4.69) is 0 Å². The minimum Gasteiger partial charge on any atom is -0.334 e. The van der Waals surface area contributed by atoms with E-state index < -0.39 is 18.6 Å². The molecule has 0 aromatic carbocycles. The maximum Gasteiger partial charge on any atom is 0.406 e. The average molecular weight is 254 g/mol. The first-order chi connectivity index (χ1) is 7.90. The summed E-state index contributed by atoms with van der Waals surface area (Å²) in [5, 5.41) is 0. The molecule has 3 nitrogen and oxygen atoms in total. The highest BCUT2D eigenvalue weighted by atomic mass is 19.4. The number of carbonyl (C=O) groups is 1. The molecular formula is C11H21F3N2O. The van der Waals surface area contributed by atoms with Gasteiger partial charge in [-0.25, -0.2) is 0 Å². The summed E-state index contributed by atoms with van der Waals surface area (Å²) in [4.78, 5) is 12.3. The normalized spacial score (nSPS) is 11.6. The van der Waals surface area contributed by atoms with Gasteiger partial charge in [-0.05, 0) is 26.3 Å². The molecule has 0 saturated heterocycles. The fourth-order valence-corrected chi connectivity index (χ4v) is 1.52. The van der Waals surface area contributed by atoms with Gasteiger partial charge in [0, 0.05) is 13.0 Å². The van der Waals surface area contributed by atoms with Gasteiger partial charge >= 0.3 is 6.18 Å². The van der Waals surface area contributed by atoms with E-state index in [1.54, 1.807) is 6.92 Å². The molecule has 0 fully saturated rings. The maximum absolute atomic E-state index is 12.1. The van der Waals surface area contributed by atoms with Crippen LogP contribution in [0.5, 0.6) is 0 Å². The fourth-order valence-electron chi connectivity index (χ4n) is 1.52. The van der Waals surface area contributed by atoms with Crippen LogP contribution in [0.4, 0.5) is 13.2 Å². The Labute approximate surface area is 100 Å². The standard InChI is InChI=1S/C11H21F3N2O/c1-2-16(9-11(12,13)14)10(17)7-5-3-4-6-8-15/h2-9,15H2,1H3. The van der Waals surface area contributed by atoms with Gasteiger partial charge in [0.1, 0.15) is 6.54 Å². The number of alkyl halides is 3. The zero-order chi connectivity index (χ0) is 13.3. The van der Waals surface area contributed by atoms with Gasteiger partial charge in [0.25, 0.3) is 0 Å². The molecule has 102 valence electrons. The minimum atomic E-state index is -4.31. The topological polar surface area (TPSA) is 46.3 Å². The molecule has 0 spiro atoms. The van der Waals surface area contributed by atoms with Crippen molar-refractivity contribution < 1.29 is 18.0 Å². The third-order valence-corrected chi connectivity index (χ3v) is 2.45. The van der Waals surface area contributed by atoms with Gasteiger partial charge in [0.2, 0.25) is 5.91 Å². The zero-order valence-electron chi connectivity index (χ0n) is 10.2. The van der Waals surface area contributed by atoms with Crippen LogP contribution in [0.2, 0.25) is 0 Å². The number of halogens is 3. The van der Waals surface area contributed by atoms with Gasteiger partial charge in [-0.3, -0.25) is 4.79 Å². The Morgan fingerprint density at radius 3 is 2.24 bits per heavy atom. The van der Waals surface area contributed by atoms with Gasteiger partial charge in [-0.2, -0.15) is 13.2 Å². The summed E-state index contributed by atoms with van der Waals surface area (Å²) < 4.78 is 36.4. The second-order valence-corrected chi connectivity index (χ2v) is 3.98. The van der Waals surface area contributed by atoms with Crippen molar-refractivity contribution in [3.63, 3.8) is 0 Å². The largest absolute Gasteiger partial charge is 0.406 e. The molecule has 0 rings (SSSR count). The van der Waals surface area contributed by atoms with Crippen molar-refractivity contribution in [2.75, 3.05) is 19.6 Å². The smallest absolute Gasteiger partial charge is 0.334 e. The summed E-state index contributed by atoms with van der Waals surface area (Å²) in [5.41, 5.74) is 5.31. The Bertz CT molecular complexity index is 219. The number of nitrogens with two attached hydrogens (primary N) is 1. The summed E-state index contributed by atoms with van der Waals surface area (Å²) in [6.45, 7) is 1.12. The number of amides is 1. The molecule has 0 aromatic heterocycles. The highest BCUT2D eigenvalue weighted by Crippen LogP contribution is 2.17. The molecule has 17 heavy (non-hydrogen) atoms. The summed E-state index contributed by atoms with van der Waals surface area (Å²) in [7, 11) is 0. The van der Waals surface area contributed by atoms with Crippen molar-refractivity contribution in [1.82, 2.24) is 4.90 Å². The summed E-state index contributed by atoms with van der Waals surface area (Å²) in [6, 6.07) is 0. The lowest BCUT2D eigenvalue weighted by Gasteiger charge is -2.22. The third-order valence-electron chi connectivity index (χ3n) is 2.45. The quantitative estimate of drug-likeness (QED) is 0.676. The predicted octanol–water partition coefficient (Wildman–Crippen LogP) is 2.31. The van der Waals surface area contributed by atoms with Crippen LogP contribution in [-0.2, 0) is 4.79 Å². The number of unbranched alkanes of at least 4 members (excludes halogenated alkanes) is 3. The lowest BCUT2D eigenvalue weighted by molar-refractivity contribution is -0.160. The van der Waals surface area contributed by atoms with Gasteiger partial charge in [0.05, 0.1) is 0 Å². The molecule has 0 atom stereocenters. The van der Waals surface area contributed by atoms with E-state index in [0.717, 1.165) is 24.2 Å². The average Bonchev–Trinajstić information content (AvgIpc) is 2.24. The van der Waals surface area contributed by atoms with Crippen LogP contribution in [0.1, 0.15) is 39.0 Å². The first-order valence-electron chi connectivity index (χ1n) is 5.95. The number of nitrogens with zero attached hydrogens (tertiary/aromatic N) is 1. The zero-order valence-corrected chi connectivity index (χ0v) is 10.2. The Morgan fingerprint density at radius 2 is 1.76 bits per heavy atom. The molecule has 0 saturated carbocycles. The van der Waals surface area contributed by atoms with Gasteiger partial charge in [0.15, 0.2) is 0 Å². The van der Waals surface area contributed by atoms with Crippen LogP contribution in [-0.4, -0.2) is 36.6 Å². The van der Waals surface area contributed by atoms with Gasteiger partial charge in [-0.1, -0.05) is 12.8 Å². The molecule has 0 aliphatic heterocycles. The highest BCUT2D eigenvalue weighted by Gasteiger charge is 2.31. The Balaban J connectivity index is 3.85. The molecule has 0 heterocycles. The van der Waals surface area contributed by atoms with E-state index in [0.29, 0.717) is 13.0 Å². The first-order valence-corrected chi connectivity index (χ1v) is 5.95. The van der Waals surface area contributed by atoms with E-state index in [4.69, 9.17) is 5.73 Å². The van der Waals surface area contributed by atoms with Crippen molar-refractivity contribution in [3.8, 4) is 0 Å². The lowest BCUT2D eigenvalue weighted by atomic mass is 10.1. The molecule has 6 heteroatoms. The minimum absolute atomic E-state index is 0.0984. The van der Waals surface area contributed by atoms with Gasteiger partial charge < -0.3 is 10.6 Å². The molecule has 0 radical (unpaired) electrons. The number of carbonyl (C=O) groups excluding carboxylic acids is 1. The summed E-state index contributed by atoms with van der Waals surface area (Å²) >= 11 is 0. The SMILES string of the molecule is CCN(CC(F)(F)F)C(=O)CCCCCCN. The third kappa shape index (κ3) is 8.97. The van der Waals surface area contributed by atoms with Crippen LogP contribution in [0, 0.1) is 0 Å². The molecule has 0 aliphatic carbocycles. The molecule has 1 amide bonds. The Hall–Kier alpha value is -0.780. The molecular weight excluding hydrogens is 233 g/mol. The van der Waals surface area contributed by atoms with E-state index in [9.17, 15) is 18.0 Å². The van der Waals surface area contributed by atoms with Crippen LogP contribution >= 0.6 is 0 Å². The highest BCUT2D eigenvalue weighted by molar-refractivity contribution is 5.76. The Morgan fingerprint density at radius 1 is 1.18 bits per heavy atom. The van der Waals surface area contributed by atoms with Crippen LogP contribution < -0.4 is 5.73 Å². The molecule has 0 aliphatic rings. The van der Waals surface area contributed by atoms with Crippen molar-refractivity contribution in [2.45, 2.75) is 45.2 Å². The predicted molar refractivity (Wildman–Crippen MR) is 60.4 cm³/mol. The number of hydrogen-bond donors (Lipinski definition) is 1. The molecule has 0 bridgehead atoms. The van der Waals surface area contributed by atoms with Crippen molar-refractivity contribution in [1.29, 1.82) is 0 Å². The van der Waals surface area contributed by atoms with Crippen molar-refractivity contribution in [3.05, 3.63) is 0 Å². The first kappa shape index (κ1) is 16.2. The number of rotatable bonds is 8. The van der Waals surface area contributed by atoms with Crippen molar-refractivity contribution >= 4 is 5.91 Å². The molecule has 2 N–H and O–H groups in total. The van der Waals surface area contributed by atoms with E-state index >= 15 is 0 Å². The van der Waals surface area contributed by atoms with Gasteiger partial charge in [-0.15, -0.1) is 0 Å². The number of hydrogen-bond acceptors (Lipinski definition) is 2. The summed E-state index contributed by atoms with van der Waals surface area (Å²) in [6.07, 6.45) is -0.831. The van der Waals surface area contributed by atoms with E-state index in [1.165, 1.54) is 0 Å². The molecule has 0 unspecified atom stereocenters. The second kappa shape index (κ2) is 8.33. The lowest BCUT2D eigenvalue weighted by Crippen LogP contribution is -2.38. The van der Waals surface area contributed by atoms with Crippen LogP contribution in [0.3, 0.4) is 0 Å².